The molecule has 1 aliphatic heterocycles. The van der Waals surface area contributed by atoms with Crippen LogP contribution in [0.3, 0.4) is 0 Å². The van der Waals surface area contributed by atoms with Gasteiger partial charge in [-0.3, -0.25) is 14.7 Å². The first-order valence-corrected chi connectivity index (χ1v) is 12.6. The zero-order valence-corrected chi connectivity index (χ0v) is 19.8. The largest absolute Gasteiger partial charge is 0.377 e. The Bertz CT molecular complexity index is 893. The van der Waals surface area contributed by atoms with E-state index in [0.717, 1.165) is 63.8 Å². The molecule has 1 aromatic heterocycles. The number of carbonyl (C=O) groups excluding carboxylic acids is 1. The molecule has 1 fully saturated rings. The van der Waals surface area contributed by atoms with E-state index in [1.807, 2.05) is 0 Å². The van der Waals surface area contributed by atoms with Crippen molar-refractivity contribution in [2.24, 2.45) is 0 Å². The molecule has 0 saturated carbocycles. The number of nitrogens with zero attached hydrogens (tertiary/aromatic N) is 2. The number of hydrogen-bond acceptors (Lipinski definition) is 4. The molecule has 0 bridgehead atoms. The molecule has 172 valence electrons. The Labute approximate surface area is 193 Å². The topological polar surface area (TPSA) is 42.4 Å². The third-order valence-electron chi connectivity index (χ3n) is 7.05. The number of aromatic nitrogens is 1. The molecule has 1 aromatic carbocycles. The predicted molar refractivity (Wildman–Crippen MR) is 129 cm³/mol. The van der Waals surface area contributed by atoms with E-state index in [2.05, 4.69) is 48.2 Å². The third-order valence-corrected chi connectivity index (χ3v) is 7.05. The Balaban J connectivity index is 1.20. The lowest BCUT2D eigenvalue weighted by Crippen LogP contribution is -2.32. The molecule has 32 heavy (non-hydrogen) atoms. The molecular weight excluding hydrogens is 396 g/mol. The second-order valence-corrected chi connectivity index (χ2v) is 9.46. The van der Waals surface area contributed by atoms with Gasteiger partial charge in [-0.2, -0.15) is 0 Å². The van der Waals surface area contributed by atoms with Crippen LogP contribution >= 0.6 is 0 Å². The molecule has 2 aliphatic rings. The van der Waals surface area contributed by atoms with Crippen LogP contribution in [0.1, 0.15) is 80.1 Å². The smallest absolute Gasteiger partial charge is 0.151 e. The van der Waals surface area contributed by atoms with Crippen LogP contribution in [0.4, 0.5) is 0 Å². The fourth-order valence-electron chi connectivity index (χ4n) is 5.19. The van der Waals surface area contributed by atoms with E-state index in [1.165, 1.54) is 41.8 Å². The lowest BCUT2D eigenvalue weighted by atomic mass is 9.95. The molecular formula is C28H38N2O2. The number of rotatable bonds is 10. The molecule has 1 aliphatic carbocycles. The molecule has 2 heterocycles. The molecule has 2 aromatic rings. The van der Waals surface area contributed by atoms with Crippen LogP contribution in [-0.4, -0.2) is 41.5 Å². The molecule has 4 heteroatoms. The van der Waals surface area contributed by atoms with Crippen molar-refractivity contribution in [2.45, 2.75) is 83.8 Å². The standard InChI is InChI=1S/C28H38N2O2/c1-3-22-11-13-24(14-12-22)28(21(2)31)30-18-17-26(20-30)32-19-7-6-9-25-16-15-23-8-4-5-10-27(23)29-25/h11-16,26,28H,3-10,17-20H2,1-2H3/t26-,28+/m1/s1. The van der Waals surface area contributed by atoms with Gasteiger partial charge in [0, 0.05) is 31.1 Å². The maximum Gasteiger partial charge on any atom is 0.151 e. The second-order valence-electron chi connectivity index (χ2n) is 9.46. The summed E-state index contributed by atoms with van der Waals surface area (Å²) in [4.78, 5) is 19.6. The van der Waals surface area contributed by atoms with Gasteiger partial charge in [0.25, 0.3) is 0 Å². The normalized spacial score (nSPS) is 19.6. The van der Waals surface area contributed by atoms with Crippen LogP contribution < -0.4 is 0 Å². The number of pyridine rings is 1. The van der Waals surface area contributed by atoms with Crippen molar-refractivity contribution in [2.75, 3.05) is 19.7 Å². The average Bonchev–Trinajstić information content (AvgIpc) is 3.27. The van der Waals surface area contributed by atoms with Crippen molar-refractivity contribution < 1.29 is 9.53 Å². The molecule has 0 amide bonds. The first-order chi connectivity index (χ1) is 15.6. The number of aryl methyl sites for hydroxylation is 4. The number of carbonyl (C=O) groups is 1. The van der Waals surface area contributed by atoms with Crippen LogP contribution in [0.5, 0.6) is 0 Å². The van der Waals surface area contributed by atoms with Crippen LogP contribution in [-0.2, 0) is 35.2 Å². The Hall–Kier alpha value is -2.04. The van der Waals surface area contributed by atoms with E-state index < -0.39 is 0 Å². The molecule has 0 unspecified atom stereocenters. The molecule has 4 rings (SSSR count). The minimum atomic E-state index is -0.149. The van der Waals surface area contributed by atoms with Crippen molar-refractivity contribution >= 4 is 5.78 Å². The Morgan fingerprint density at radius 2 is 1.94 bits per heavy atom. The number of Topliss-reactive ketones (excluding diaryl/α,β-unsaturated/α-hetero) is 1. The number of ether oxygens (including phenoxy) is 1. The maximum absolute atomic E-state index is 12.4. The van der Waals surface area contributed by atoms with E-state index in [-0.39, 0.29) is 17.9 Å². The Kier molecular flexibility index (Phi) is 8.10. The summed E-state index contributed by atoms with van der Waals surface area (Å²) < 4.78 is 6.19. The van der Waals surface area contributed by atoms with E-state index >= 15 is 0 Å². The van der Waals surface area contributed by atoms with Crippen molar-refractivity contribution in [1.29, 1.82) is 0 Å². The van der Waals surface area contributed by atoms with Gasteiger partial charge in [-0.15, -0.1) is 0 Å². The maximum atomic E-state index is 12.4. The number of hydrogen-bond donors (Lipinski definition) is 0. The SMILES string of the molecule is CCc1ccc([C@H](C(C)=O)N2CC[C@@H](OCCCCc3ccc4c(n3)CCCC4)C2)cc1. The monoisotopic (exact) mass is 434 g/mol. The highest BCUT2D eigenvalue weighted by Crippen LogP contribution is 2.28. The molecule has 0 spiro atoms. The fourth-order valence-corrected chi connectivity index (χ4v) is 5.19. The molecule has 2 atom stereocenters. The quantitative estimate of drug-likeness (QED) is 0.478. The summed E-state index contributed by atoms with van der Waals surface area (Å²) in [6.45, 7) is 6.42. The van der Waals surface area contributed by atoms with Gasteiger partial charge < -0.3 is 4.74 Å². The summed E-state index contributed by atoms with van der Waals surface area (Å²) in [6.07, 6.45) is 10.4. The second kappa shape index (κ2) is 11.2. The van der Waals surface area contributed by atoms with E-state index in [9.17, 15) is 4.79 Å². The van der Waals surface area contributed by atoms with Crippen molar-refractivity contribution in [3.63, 3.8) is 0 Å². The van der Waals surface area contributed by atoms with Gasteiger partial charge in [-0.05, 0) is 87.5 Å². The number of likely N-dealkylation sites (tertiary alicyclic amines) is 1. The van der Waals surface area contributed by atoms with Gasteiger partial charge in [0.05, 0.1) is 12.1 Å². The van der Waals surface area contributed by atoms with E-state index in [0.29, 0.717) is 0 Å². The van der Waals surface area contributed by atoms with Crippen LogP contribution in [0, 0.1) is 0 Å². The number of unbranched alkanes of at least 4 members (excludes halogenated alkanes) is 1. The summed E-state index contributed by atoms with van der Waals surface area (Å²) in [5, 5.41) is 0. The zero-order valence-electron chi connectivity index (χ0n) is 19.8. The van der Waals surface area contributed by atoms with Gasteiger partial charge in [0.2, 0.25) is 0 Å². The minimum absolute atomic E-state index is 0.149. The third kappa shape index (κ3) is 5.85. The summed E-state index contributed by atoms with van der Waals surface area (Å²) in [5.41, 5.74) is 6.44. The summed E-state index contributed by atoms with van der Waals surface area (Å²) >= 11 is 0. The molecule has 1 saturated heterocycles. The molecule has 0 N–H and O–H groups in total. The molecule has 0 radical (unpaired) electrons. The average molecular weight is 435 g/mol. The Morgan fingerprint density at radius 1 is 1.12 bits per heavy atom. The summed E-state index contributed by atoms with van der Waals surface area (Å²) in [6, 6.07) is 12.9. The van der Waals surface area contributed by atoms with Gasteiger partial charge in [-0.25, -0.2) is 0 Å². The van der Waals surface area contributed by atoms with Crippen molar-refractivity contribution in [3.05, 3.63) is 64.5 Å². The predicted octanol–water partition coefficient (Wildman–Crippen LogP) is 5.27. The van der Waals surface area contributed by atoms with E-state index in [4.69, 9.17) is 9.72 Å². The lowest BCUT2D eigenvalue weighted by molar-refractivity contribution is -0.122. The van der Waals surface area contributed by atoms with E-state index in [1.54, 1.807) is 6.92 Å². The summed E-state index contributed by atoms with van der Waals surface area (Å²) in [7, 11) is 0. The van der Waals surface area contributed by atoms with Crippen LogP contribution in [0.15, 0.2) is 36.4 Å². The highest BCUT2D eigenvalue weighted by atomic mass is 16.5. The number of ketones is 1. The van der Waals surface area contributed by atoms with Gasteiger partial charge >= 0.3 is 0 Å². The van der Waals surface area contributed by atoms with Crippen molar-refractivity contribution in [1.82, 2.24) is 9.88 Å². The summed E-state index contributed by atoms with van der Waals surface area (Å²) in [5.74, 6) is 0.215. The highest BCUT2D eigenvalue weighted by Gasteiger charge is 2.32. The van der Waals surface area contributed by atoms with Gasteiger partial charge in [0.1, 0.15) is 0 Å². The first kappa shape index (κ1) is 23.1. The number of fused-ring (bicyclic) bond motifs is 1. The highest BCUT2D eigenvalue weighted by molar-refractivity contribution is 5.83. The van der Waals surface area contributed by atoms with Crippen LogP contribution in [0.2, 0.25) is 0 Å². The van der Waals surface area contributed by atoms with Gasteiger partial charge in [-0.1, -0.05) is 37.3 Å². The molecule has 4 nitrogen and oxygen atoms in total. The minimum Gasteiger partial charge on any atom is -0.377 e. The van der Waals surface area contributed by atoms with Crippen LogP contribution in [0.25, 0.3) is 0 Å². The Morgan fingerprint density at radius 3 is 2.72 bits per heavy atom. The lowest BCUT2D eigenvalue weighted by Gasteiger charge is -2.26. The number of benzene rings is 1. The first-order valence-electron chi connectivity index (χ1n) is 12.6. The fraction of sp³-hybridized carbons (Fsp3) is 0.571. The van der Waals surface area contributed by atoms with Crippen molar-refractivity contribution in [3.8, 4) is 0 Å². The van der Waals surface area contributed by atoms with Gasteiger partial charge in [0.15, 0.2) is 5.78 Å². The zero-order chi connectivity index (χ0) is 22.3.